The van der Waals surface area contributed by atoms with Gasteiger partial charge in [0.05, 0.1) is 8.80 Å². The van der Waals surface area contributed by atoms with E-state index in [2.05, 4.69) is 41.5 Å². The zero-order valence-electron chi connectivity index (χ0n) is 9.65. The van der Waals surface area contributed by atoms with Crippen molar-refractivity contribution in [3.8, 4) is 0 Å². The Morgan fingerprint density at radius 2 is 1.25 bits per heavy atom. The summed E-state index contributed by atoms with van der Waals surface area (Å²) in [7, 11) is -0.0738. The average Bonchev–Trinajstić information content (AvgIpc) is 1.84. The van der Waals surface area contributed by atoms with Crippen LogP contribution in [0.1, 0.15) is 48.0 Å². The molecule has 12 heavy (non-hydrogen) atoms. The van der Waals surface area contributed by atoms with Crippen molar-refractivity contribution in [3.05, 3.63) is 0 Å². The lowest BCUT2D eigenvalue weighted by atomic mass is 10.2. The molecule has 0 saturated heterocycles. The summed E-state index contributed by atoms with van der Waals surface area (Å²) < 4.78 is 0. The molecule has 73 valence electrons. The van der Waals surface area contributed by atoms with Crippen molar-refractivity contribution in [3.63, 3.8) is 0 Å². The van der Waals surface area contributed by atoms with Crippen LogP contribution in [0.15, 0.2) is 0 Å². The Labute approximate surface area is 80.4 Å². The van der Waals surface area contributed by atoms with Crippen molar-refractivity contribution in [1.29, 1.82) is 0 Å². The Hall–Kier alpha value is 0.217. The fourth-order valence-corrected chi connectivity index (χ4v) is 5.10. The van der Waals surface area contributed by atoms with E-state index < -0.39 is 0 Å². The van der Waals surface area contributed by atoms with Crippen molar-refractivity contribution < 1.29 is 0 Å². The summed E-state index contributed by atoms with van der Waals surface area (Å²) in [6, 6.07) is 1.51. The van der Waals surface area contributed by atoms with Gasteiger partial charge in [0.1, 0.15) is 0 Å². The second kappa shape index (κ2) is 5.79. The fraction of sp³-hybridized carbons (Fsp3) is 1.00. The third-order valence-electron chi connectivity index (χ3n) is 2.49. The molecule has 0 aromatic carbocycles. The highest BCUT2D eigenvalue weighted by atomic mass is 28.3. The van der Waals surface area contributed by atoms with Gasteiger partial charge in [-0.1, -0.05) is 65.1 Å². The van der Waals surface area contributed by atoms with Gasteiger partial charge in [-0.25, -0.2) is 0 Å². The lowest BCUT2D eigenvalue weighted by Crippen LogP contribution is -2.21. The molecule has 0 aromatic heterocycles. The quantitative estimate of drug-likeness (QED) is 0.559. The van der Waals surface area contributed by atoms with E-state index in [0.29, 0.717) is 0 Å². The number of rotatable bonds is 5. The predicted octanol–water partition coefficient (Wildman–Crippen LogP) is 4.35. The van der Waals surface area contributed by atoms with Crippen LogP contribution >= 0.6 is 0 Å². The van der Waals surface area contributed by atoms with E-state index in [1.165, 1.54) is 12.5 Å². The first kappa shape index (κ1) is 12.2. The smallest absolute Gasteiger partial charge is 0.0534 e. The van der Waals surface area contributed by atoms with Crippen molar-refractivity contribution in [2.24, 2.45) is 5.92 Å². The van der Waals surface area contributed by atoms with Crippen LogP contribution in [0, 0.1) is 5.92 Å². The van der Waals surface area contributed by atoms with Crippen molar-refractivity contribution in [2.45, 2.75) is 65.1 Å². The Balaban J connectivity index is 3.80. The van der Waals surface area contributed by atoms with Crippen molar-refractivity contribution >= 4 is 8.80 Å². The second-order valence-electron chi connectivity index (χ2n) is 4.82. The summed E-state index contributed by atoms with van der Waals surface area (Å²) >= 11 is 0. The molecule has 0 saturated carbocycles. The van der Waals surface area contributed by atoms with Gasteiger partial charge >= 0.3 is 0 Å². The minimum atomic E-state index is -0.0738. The number of hydrogen-bond acceptors (Lipinski definition) is 0. The van der Waals surface area contributed by atoms with Crippen LogP contribution in [0.25, 0.3) is 0 Å². The van der Waals surface area contributed by atoms with Gasteiger partial charge in [-0.3, -0.25) is 0 Å². The predicted molar refractivity (Wildman–Crippen MR) is 60.2 cm³/mol. The Bertz CT molecular complexity index is 97.6. The summed E-state index contributed by atoms with van der Waals surface area (Å²) in [5.41, 5.74) is 1.91. The highest BCUT2D eigenvalue weighted by Gasteiger charge is 2.19. The summed E-state index contributed by atoms with van der Waals surface area (Å²) in [6.45, 7) is 14.3. The van der Waals surface area contributed by atoms with Crippen LogP contribution in [-0.4, -0.2) is 8.80 Å². The van der Waals surface area contributed by atoms with Crippen LogP contribution in [0.3, 0.4) is 0 Å². The van der Waals surface area contributed by atoms with Crippen LogP contribution in [-0.2, 0) is 0 Å². The molecule has 0 aliphatic carbocycles. The number of hydrogen-bond donors (Lipinski definition) is 0. The Morgan fingerprint density at radius 3 is 1.50 bits per heavy atom. The van der Waals surface area contributed by atoms with E-state index in [1.807, 2.05) is 0 Å². The zero-order chi connectivity index (χ0) is 9.72. The lowest BCUT2D eigenvalue weighted by molar-refractivity contribution is 0.617. The molecule has 0 aromatic rings. The molecule has 0 aliphatic rings. The summed E-state index contributed by atoms with van der Waals surface area (Å²) in [5, 5.41) is 0. The third kappa shape index (κ3) is 4.97. The Morgan fingerprint density at radius 1 is 0.833 bits per heavy atom. The first-order chi connectivity index (χ1) is 5.45. The minimum Gasteiger partial charge on any atom is -0.0654 e. The molecule has 0 N–H and O–H groups in total. The van der Waals surface area contributed by atoms with Crippen LogP contribution in [0.4, 0.5) is 0 Å². The molecule has 1 heteroatoms. The van der Waals surface area contributed by atoms with Gasteiger partial charge in [0.2, 0.25) is 0 Å². The molecule has 0 spiro atoms. The average molecular weight is 185 g/mol. The lowest BCUT2D eigenvalue weighted by Gasteiger charge is -2.23. The van der Waals surface area contributed by atoms with E-state index in [4.69, 9.17) is 0 Å². The van der Waals surface area contributed by atoms with Crippen molar-refractivity contribution in [1.82, 2.24) is 0 Å². The van der Waals surface area contributed by atoms with Gasteiger partial charge in [-0.15, -0.1) is 0 Å². The summed E-state index contributed by atoms with van der Waals surface area (Å²) in [4.78, 5) is 0. The van der Waals surface area contributed by atoms with Gasteiger partial charge < -0.3 is 0 Å². The SMILES string of the molecule is CC(C)CC[Si](C(C)C)C(C)C. The molecule has 0 aliphatic heterocycles. The highest BCUT2D eigenvalue weighted by Crippen LogP contribution is 2.25. The van der Waals surface area contributed by atoms with Gasteiger partial charge in [0.15, 0.2) is 0 Å². The molecule has 0 rings (SSSR count). The van der Waals surface area contributed by atoms with E-state index in [1.54, 1.807) is 0 Å². The van der Waals surface area contributed by atoms with Gasteiger partial charge in [-0.05, 0) is 5.92 Å². The molecule has 0 fully saturated rings. The molecular formula is C11H25Si. The van der Waals surface area contributed by atoms with Crippen LogP contribution in [0.5, 0.6) is 0 Å². The monoisotopic (exact) mass is 185 g/mol. The molecular weight excluding hydrogens is 160 g/mol. The van der Waals surface area contributed by atoms with E-state index in [0.717, 1.165) is 17.0 Å². The van der Waals surface area contributed by atoms with Gasteiger partial charge in [0.25, 0.3) is 0 Å². The third-order valence-corrected chi connectivity index (χ3v) is 6.33. The minimum absolute atomic E-state index is 0.0738. The summed E-state index contributed by atoms with van der Waals surface area (Å²) in [6.07, 6.45) is 1.44. The molecule has 0 unspecified atom stereocenters. The maximum absolute atomic E-state index is 2.40. The van der Waals surface area contributed by atoms with E-state index in [9.17, 15) is 0 Å². The molecule has 0 amide bonds. The maximum Gasteiger partial charge on any atom is 0.0534 e. The van der Waals surface area contributed by atoms with Crippen molar-refractivity contribution in [2.75, 3.05) is 0 Å². The molecule has 0 bridgehead atoms. The van der Waals surface area contributed by atoms with Crippen LogP contribution < -0.4 is 0 Å². The highest BCUT2D eigenvalue weighted by molar-refractivity contribution is 6.61. The summed E-state index contributed by atoms with van der Waals surface area (Å²) in [5.74, 6) is 0.891. The standard InChI is InChI=1S/C11H25Si/c1-9(2)7-8-12(10(3)4)11(5)6/h9-11H,7-8H2,1-6H3. The molecule has 1 radical (unpaired) electrons. The topological polar surface area (TPSA) is 0 Å². The molecule has 0 heterocycles. The second-order valence-corrected chi connectivity index (χ2v) is 8.78. The normalized spacial score (nSPS) is 12.5. The zero-order valence-corrected chi connectivity index (χ0v) is 10.6. The molecule has 0 atom stereocenters. The fourth-order valence-electron chi connectivity index (χ4n) is 1.70. The first-order valence-electron chi connectivity index (χ1n) is 5.30. The van der Waals surface area contributed by atoms with E-state index >= 15 is 0 Å². The largest absolute Gasteiger partial charge is 0.0654 e. The Kier molecular flexibility index (Phi) is 5.90. The van der Waals surface area contributed by atoms with Gasteiger partial charge in [0, 0.05) is 0 Å². The van der Waals surface area contributed by atoms with Gasteiger partial charge in [-0.2, -0.15) is 0 Å². The first-order valence-corrected chi connectivity index (χ1v) is 7.17. The van der Waals surface area contributed by atoms with Crippen LogP contribution in [0.2, 0.25) is 17.1 Å². The van der Waals surface area contributed by atoms with E-state index in [-0.39, 0.29) is 8.80 Å². The maximum atomic E-state index is 2.40. The molecule has 0 nitrogen and oxygen atoms in total.